The molecule has 1 N–H and O–H groups in total. The zero-order valence-corrected chi connectivity index (χ0v) is 20.9. The van der Waals surface area contributed by atoms with Crippen molar-refractivity contribution < 1.29 is 33.7 Å². The Labute approximate surface area is 211 Å². The van der Waals surface area contributed by atoms with Crippen LogP contribution in [0.25, 0.3) is 0 Å². The van der Waals surface area contributed by atoms with Crippen molar-refractivity contribution in [3.63, 3.8) is 0 Å². The van der Waals surface area contributed by atoms with Gasteiger partial charge in [-0.25, -0.2) is 0 Å². The zero-order chi connectivity index (χ0) is 26.1. The number of anilines is 1. The molecular formula is C27H34N2O7. The van der Waals surface area contributed by atoms with E-state index >= 15 is 0 Å². The number of hydrogen-bond donors (Lipinski definition) is 1. The van der Waals surface area contributed by atoms with Crippen molar-refractivity contribution in [2.24, 2.45) is 11.8 Å². The number of aliphatic hydroxyl groups excluding tert-OH is 1. The van der Waals surface area contributed by atoms with Crippen LogP contribution in [-0.2, 0) is 23.9 Å². The van der Waals surface area contributed by atoms with Gasteiger partial charge in [0.15, 0.2) is 0 Å². The largest absolute Gasteiger partial charge is 0.497 e. The van der Waals surface area contributed by atoms with Gasteiger partial charge in [-0.15, -0.1) is 6.58 Å². The third kappa shape index (κ3) is 4.00. The summed E-state index contributed by atoms with van der Waals surface area (Å²) in [4.78, 5) is 44.3. The molecule has 2 bridgehead atoms. The Kier molecular flexibility index (Phi) is 7.24. The second kappa shape index (κ2) is 10.1. The van der Waals surface area contributed by atoms with E-state index in [-0.39, 0.29) is 38.1 Å². The maximum atomic E-state index is 14.3. The predicted octanol–water partition coefficient (Wildman–Crippen LogP) is 2.09. The highest BCUT2D eigenvalue weighted by molar-refractivity contribution is 6.04. The minimum Gasteiger partial charge on any atom is -0.497 e. The Morgan fingerprint density at radius 1 is 1.25 bits per heavy atom. The SMILES string of the molecule is C=CCOC(=O)[C@H]1[C@H]2C(=O)N(CCCO)C(C(=O)N(CC=C)c3ccc(OC)cc3)C23CC[C@]1(C)O3. The summed E-state index contributed by atoms with van der Waals surface area (Å²) in [5.41, 5.74) is -1.46. The minimum atomic E-state index is -1.16. The molecule has 2 unspecified atom stereocenters. The number of benzene rings is 1. The third-order valence-electron chi connectivity index (χ3n) is 7.63. The number of nitrogens with zero attached hydrogens (tertiary/aromatic N) is 2. The molecule has 36 heavy (non-hydrogen) atoms. The van der Waals surface area contributed by atoms with Gasteiger partial charge in [-0.2, -0.15) is 0 Å². The van der Waals surface area contributed by atoms with Gasteiger partial charge in [-0.05, 0) is 50.5 Å². The van der Waals surface area contributed by atoms with E-state index in [0.29, 0.717) is 30.7 Å². The van der Waals surface area contributed by atoms with Crippen LogP contribution in [0.4, 0.5) is 5.69 Å². The summed E-state index contributed by atoms with van der Waals surface area (Å²) in [7, 11) is 1.56. The molecule has 0 aromatic heterocycles. The average molecular weight is 499 g/mol. The van der Waals surface area contributed by atoms with E-state index in [1.807, 2.05) is 6.92 Å². The van der Waals surface area contributed by atoms with Crippen LogP contribution < -0.4 is 9.64 Å². The van der Waals surface area contributed by atoms with E-state index in [1.165, 1.54) is 11.0 Å². The lowest BCUT2D eigenvalue weighted by molar-refractivity contribution is -0.158. The quantitative estimate of drug-likeness (QED) is 0.368. The van der Waals surface area contributed by atoms with Crippen LogP contribution in [0, 0.1) is 11.8 Å². The Bertz CT molecular complexity index is 1040. The molecule has 0 radical (unpaired) electrons. The van der Waals surface area contributed by atoms with E-state index in [9.17, 15) is 19.5 Å². The average Bonchev–Trinajstić information content (AvgIpc) is 3.45. The number of carbonyl (C=O) groups is 3. The van der Waals surface area contributed by atoms with E-state index in [0.717, 1.165) is 0 Å². The summed E-state index contributed by atoms with van der Waals surface area (Å²) in [6.45, 7) is 9.49. The number of likely N-dealkylation sites (tertiary alicyclic amines) is 1. The Balaban J connectivity index is 1.76. The van der Waals surface area contributed by atoms with Crippen LogP contribution in [0.1, 0.15) is 26.2 Å². The van der Waals surface area contributed by atoms with Gasteiger partial charge in [0, 0.05) is 25.4 Å². The molecule has 3 aliphatic heterocycles. The Morgan fingerprint density at radius 3 is 2.58 bits per heavy atom. The molecule has 194 valence electrons. The first-order valence-corrected chi connectivity index (χ1v) is 12.2. The monoisotopic (exact) mass is 498 g/mol. The van der Waals surface area contributed by atoms with Gasteiger partial charge in [0.1, 0.15) is 29.9 Å². The molecule has 1 aromatic carbocycles. The maximum Gasteiger partial charge on any atom is 0.313 e. The predicted molar refractivity (Wildman–Crippen MR) is 132 cm³/mol. The number of esters is 1. The topological polar surface area (TPSA) is 106 Å². The van der Waals surface area contributed by atoms with Crippen LogP contribution in [-0.4, -0.2) is 78.4 Å². The molecule has 3 fully saturated rings. The highest BCUT2D eigenvalue weighted by Crippen LogP contribution is 2.63. The lowest BCUT2D eigenvalue weighted by Gasteiger charge is -2.36. The number of aliphatic hydroxyl groups is 1. The first kappa shape index (κ1) is 25.9. The molecule has 3 aliphatic rings. The van der Waals surface area contributed by atoms with Gasteiger partial charge < -0.3 is 29.1 Å². The fourth-order valence-electron chi connectivity index (χ4n) is 6.14. The molecule has 3 heterocycles. The molecule has 3 saturated heterocycles. The standard InChI is InChI=1S/C27H34N2O7/c1-5-14-28(18-8-10-19(34-4)11-9-18)24(32)22-27-13-12-26(3,36-27)21(25(33)35-17-6-2)20(27)23(31)29(22)15-7-16-30/h5-6,8-11,20-22,30H,1-2,7,12-17H2,3-4H3/t20-,21+,22?,26-,27?/m0/s1. The molecule has 0 aliphatic carbocycles. The molecule has 9 heteroatoms. The maximum absolute atomic E-state index is 14.3. The first-order chi connectivity index (χ1) is 17.3. The number of ether oxygens (including phenoxy) is 3. The smallest absolute Gasteiger partial charge is 0.313 e. The summed E-state index contributed by atoms with van der Waals surface area (Å²) in [6, 6.07) is 6.10. The fraction of sp³-hybridized carbons (Fsp3) is 0.519. The van der Waals surface area contributed by atoms with Crippen molar-refractivity contribution in [3.8, 4) is 5.75 Å². The van der Waals surface area contributed by atoms with Gasteiger partial charge in [-0.1, -0.05) is 18.7 Å². The molecular weight excluding hydrogens is 464 g/mol. The van der Waals surface area contributed by atoms with Gasteiger partial charge in [0.25, 0.3) is 5.91 Å². The molecule has 4 rings (SSSR count). The van der Waals surface area contributed by atoms with Gasteiger partial charge in [0.2, 0.25) is 5.91 Å². The molecule has 2 amide bonds. The Hall–Kier alpha value is -3.17. The second-order valence-corrected chi connectivity index (χ2v) is 9.69. The number of hydrogen-bond acceptors (Lipinski definition) is 7. The highest BCUT2D eigenvalue weighted by atomic mass is 16.6. The first-order valence-electron chi connectivity index (χ1n) is 12.2. The number of methoxy groups -OCH3 is 1. The van der Waals surface area contributed by atoms with E-state index in [4.69, 9.17) is 14.2 Å². The minimum absolute atomic E-state index is 0.0283. The van der Waals surface area contributed by atoms with Crippen molar-refractivity contribution in [2.45, 2.75) is 43.4 Å². The number of amides is 2. The number of fused-ring (bicyclic) bond motifs is 1. The lowest BCUT2D eigenvalue weighted by atomic mass is 9.66. The van der Waals surface area contributed by atoms with E-state index in [2.05, 4.69) is 13.2 Å². The van der Waals surface area contributed by atoms with Gasteiger partial charge >= 0.3 is 5.97 Å². The summed E-state index contributed by atoms with van der Waals surface area (Å²) >= 11 is 0. The van der Waals surface area contributed by atoms with Crippen molar-refractivity contribution in [1.29, 1.82) is 0 Å². The van der Waals surface area contributed by atoms with Crippen LogP contribution in [0.15, 0.2) is 49.6 Å². The van der Waals surface area contributed by atoms with Crippen LogP contribution in [0.3, 0.4) is 0 Å². The van der Waals surface area contributed by atoms with Gasteiger partial charge in [-0.3, -0.25) is 14.4 Å². The van der Waals surface area contributed by atoms with Crippen LogP contribution in [0.5, 0.6) is 5.75 Å². The van der Waals surface area contributed by atoms with Crippen LogP contribution >= 0.6 is 0 Å². The number of carbonyl (C=O) groups excluding carboxylic acids is 3. The summed E-state index contributed by atoms with van der Waals surface area (Å²) in [5.74, 6) is -2.19. The molecule has 9 nitrogen and oxygen atoms in total. The van der Waals surface area contributed by atoms with Crippen molar-refractivity contribution in [1.82, 2.24) is 4.90 Å². The van der Waals surface area contributed by atoms with Crippen molar-refractivity contribution >= 4 is 23.5 Å². The van der Waals surface area contributed by atoms with Crippen molar-refractivity contribution in [2.75, 3.05) is 38.3 Å². The fourth-order valence-corrected chi connectivity index (χ4v) is 6.14. The molecule has 1 aromatic rings. The van der Waals surface area contributed by atoms with Gasteiger partial charge in [0.05, 0.1) is 18.6 Å². The highest BCUT2D eigenvalue weighted by Gasteiger charge is 2.78. The van der Waals surface area contributed by atoms with E-state index < -0.39 is 35.0 Å². The summed E-state index contributed by atoms with van der Waals surface area (Å²) < 4.78 is 17.2. The normalized spacial score (nSPS) is 30.1. The summed E-state index contributed by atoms with van der Waals surface area (Å²) in [5, 5.41) is 9.50. The number of rotatable bonds is 11. The van der Waals surface area contributed by atoms with Crippen molar-refractivity contribution in [3.05, 3.63) is 49.6 Å². The Morgan fingerprint density at radius 2 is 1.97 bits per heavy atom. The zero-order valence-electron chi connectivity index (χ0n) is 20.9. The third-order valence-corrected chi connectivity index (χ3v) is 7.63. The summed E-state index contributed by atoms with van der Waals surface area (Å²) in [6.07, 6.45) is 4.37. The molecule has 1 spiro atoms. The second-order valence-electron chi connectivity index (χ2n) is 9.69. The van der Waals surface area contributed by atoms with Crippen LogP contribution in [0.2, 0.25) is 0 Å². The lowest BCUT2D eigenvalue weighted by Crippen LogP contribution is -2.56. The molecule has 5 atom stereocenters. The molecule has 0 saturated carbocycles. The van der Waals surface area contributed by atoms with E-state index in [1.54, 1.807) is 42.4 Å².